The van der Waals surface area contributed by atoms with E-state index in [1.807, 2.05) is 150 Å². The average Bonchev–Trinajstić information content (AvgIpc) is 4.16. The van der Waals surface area contributed by atoms with Gasteiger partial charge in [0.05, 0.1) is 29.4 Å². The molecule has 6 nitrogen and oxygen atoms in total. The van der Waals surface area contributed by atoms with Crippen LogP contribution in [-0.2, 0) is 38.3 Å². The van der Waals surface area contributed by atoms with Crippen LogP contribution in [0.15, 0.2) is 182 Å². The zero-order valence-electron chi connectivity index (χ0n) is 49.4. The van der Waals surface area contributed by atoms with E-state index in [-0.39, 0.29) is 49.5 Å². The maximum Gasteiger partial charge on any atom is 0.269 e. The minimum Gasteiger partial charge on any atom is -0.522 e. The molecular weight excluding hydrogens is 1070 g/mol. The van der Waals surface area contributed by atoms with Crippen molar-refractivity contribution < 1.29 is 40.0 Å². The minimum atomic E-state index is -1.65. The molecule has 0 aliphatic carbocycles. The summed E-state index contributed by atoms with van der Waals surface area (Å²) < 4.78 is 75.5. The van der Waals surface area contributed by atoms with Crippen LogP contribution in [0.25, 0.3) is 83.7 Å². The van der Waals surface area contributed by atoms with Crippen molar-refractivity contribution in [1.29, 1.82) is 0 Å². The summed E-state index contributed by atoms with van der Waals surface area (Å²) in [5.41, 5.74) is 8.75. The second kappa shape index (κ2) is 19.2. The third-order valence-electron chi connectivity index (χ3n) is 12.8. The van der Waals surface area contributed by atoms with Gasteiger partial charge in [0, 0.05) is 41.3 Å². The van der Waals surface area contributed by atoms with Crippen molar-refractivity contribution in [2.75, 3.05) is 0 Å². The van der Waals surface area contributed by atoms with Gasteiger partial charge in [0.15, 0.2) is 0 Å². The predicted molar refractivity (Wildman–Crippen MR) is 295 cm³/mol. The van der Waals surface area contributed by atoms with Crippen molar-refractivity contribution in [2.45, 2.75) is 79.5 Å². The fourth-order valence-electron chi connectivity index (χ4n) is 9.34. The van der Waals surface area contributed by atoms with Crippen LogP contribution in [0.2, 0.25) is 0 Å². The Morgan fingerprint density at radius 3 is 2.00 bits per heavy atom. The number of hydrogen-bond donors (Lipinski definition) is 0. The molecule has 7 aromatic carbocycles. The van der Waals surface area contributed by atoms with E-state index in [0.29, 0.717) is 62.2 Å². The smallest absolute Gasteiger partial charge is 0.269 e. The number of hydrogen-bond acceptors (Lipinski definition) is 3. The summed E-state index contributed by atoms with van der Waals surface area (Å²) in [7, 11) is 0. The van der Waals surface area contributed by atoms with Gasteiger partial charge in [-0.1, -0.05) is 207 Å². The summed E-state index contributed by atoms with van der Waals surface area (Å²) in [6.45, 7) is 18.8. The number of aromatic nitrogens is 5. The Morgan fingerprint density at radius 2 is 1.29 bits per heavy atom. The summed E-state index contributed by atoms with van der Waals surface area (Å²) in [6, 6.07) is 52.4. The van der Waals surface area contributed by atoms with Crippen molar-refractivity contribution in [1.82, 2.24) is 19.1 Å². The fourth-order valence-corrected chi connectivity index (χ4v) is 9.34. The van der Waals surface area contributed by atoms with E-state index in [1.54, 1.807) is 12.3 Å². The second-order valence-corrected chi connectivity index (χ2v) is 21.4. The van der Waals surface area contributed by atoms with Crippen molar-refractivity contribution in [2.24, 2.45) is 5.41 Å². The monoisotopic (exact) mass is 1140 g/mol. The summed E-state index contributed by atoms with van der Waals surface area (Å²) in [4.78, 5) is 10.0. The molecular formula is C66H59N5OPt-2. The number of para-hydroxylation sites is 4. The Kier molecular flexibility index (Phi) is 10.8. The van der Waals surface area contributed by atoms with Gasteiger partial charge >= 0.3 is 0 Å². The first-order chi connectivity index (χ1) is 37.4. The van der Waals surface area contributed by atoms with Gasteiger partial charge in [-0.3, -0.25) is 14.1 Å². The van der Waals surface area contributed by atoms with Gasteiger partial charge in [0.2, 0.25) is 0 Å². The van der Waals surface area contributed by atoms with Crippen molar-refractivity contribution in [3.8, 4) is 62.3 Å². The van der Waals surface area contributed by atoms with Crippen LogP contribution in [-0.4, -0.2) is 19.1 Å². The first kappa shape index (κ1) is 41.1. The van der Waals surface area contributed by atoms with Crippen LogP contribution in [0, 0.1) is 23.9 Å². The zero-order valence-corrected chi connectivity index (χ0v) is 44.7. The van der Waals surface area contributed by atoms with Crippen molar-refractivity contribution in [3.63, 3.8) is 0 Å². The number of benzene rings is 7. The third kappa shape index (κ3) is 9.81. The van der Waals surface area contributed by atoms with Gasteiger partial charge < -0.3 is 9.30 Å². The van der Waals surface area contributed by atoms with Crippen LogP contribution in [0.3, 0.4) is 0 Å². The first-order valence-corrected chi connectivity index (χ1v) is 24.3. The molecule has 0 saturated carbocycles. The van der Waals surface area contributed by atoms with Gasteiger partial charge in [-0.15, -0.1) is 23.6 Å². The van der Waals surface area contributed by atoms with E-state index in [2.05, 4.69) is 84.3 Å². The molecule has 4 aromatic heterocycles. The number of imidazole rings is 1. The molecule has 0 spiro atoms. The fraction of sp³-hybridized carbons (Fsp3) is 0.197. The van der Waals surface area contributed by atoms with Gasteiger partial charge in [0.25, 0.3) is 6.33 Å². The largest absolute Gasteiger partial charge is 0.522 e. The molecule has 0 unspecified atom stereocenters. The zero-order chi connectivity index (χ0) is 56.1. The van der Waals surface area contributed by atoms with Crippen LogP contribution in [0.1, 0.15) is 88.6 Å². The minimum absolute atomic E-state index is 0. The molecule has 0 saturated heterocycles. The molecule has 0 radical (unpaired) electrons. The van der Waals surface area contributed by atoms with E-state index in [0.717, 1.165) is 44.1 Å². The van der Waals surface area contributed by atoms with Crippen LogP contribution >= 0.6 is 0 Å². The first-order valence-electron chi connectivity index (χ1n) is 27.8. The third-order valence-corrected chi connectivity index (χ3v) is 12.8. The van der Waals surface area contributed by atoms with E-state index in [9.17, 15) is 2.74 Å². The van der Waals surface area contributed by atoms with Crippen molar-refractivity contribution in [3.05, 3.63) is 217 Å². The van der Waals surface area contributed by atoms with Gasteiger partial charge in [-0.05, 0) is 102 Å². The Balaban J connectivity index is 0.00000720. The van der Waals surface area contributed by atoms with Crippen LogP contribution in [0.4, 0.5) is 0 Å². The van der Waals surface area contributed by atoms with E-state index in [4.69, 9.17) is 21.6 Å². The molecule has 0 fully saturated rings. The Hall–Kier alpha value is -7.40. The maximum atomic E-state index is 9.30. The summed E-state index contributed by atoms with van der Waals surface area (Å²) >= 11 is 0. The normalized spacial score (nSPS) is 13.7. The molecule has 7 heteroatoms. The number of fused-ring (bicyclic) bond motifs is 4. The Morgan fingerprint density at radius 1 is 0.616 bits per heavy atom. The molecule has 4 heterocycles. The Bertz CT molecular complexity index is 4160. The Labute approximate surface area is 454 Å². The number of ether oxygens (including phenoxy) is 1. The molecule has 366 valence electrons. The molecule has 11 rings (SSSR count). The quantitative estimate of drug-likeness (QED) is 0.107. The van der Waals surface area contributed by atoms with Crippen LogP contribution < -0.4 is 9.30 Å². The molecule has 0 aliphatic heterocycles. The standard InChI is InChI=1S/C66H59N5O.Pt/c1-64(2,3)42-44-33-34-67-61(35-44)71-57-28-17-16-25-54(57)55-32-31-50(40-60(55)71)72-51-39-56(46-23-14-11-15-24-46)68-62(41-51)69-43-70(59-30-19-18-29-58(59)69)63-52(45-21-12-10-13-22-45)26-20-27-53(63)47-36-48(65(4,5)6)38-49(37-47)66(7,8)9;/h10-39H,42H2,1-9H3;/q-2;/i10D,12D,13D,21D,22D,42D2;. The van der Waals surface area contributed by atoms with Crippen LogP contribution in [0.5, 0.6) is 11.5 Å². The van der Waals surface area contributed by atoms with Crippen molar-refractivity contribution >= 4 is 32.8 Å². The molecule has 73 heavy (non-hydrogen) atoms. The second-order valence-electron chi connectivity index (χ2n) is 21.4. The summed E-state index contributed by atoms with van der Waals surface area (Å²) in [6.07, 6.45) is 3.66. The summed E-state index contributed by atoms with van der Waals surface area (Å²) in [5.74, 6) is 1.63. The van der Waals surface area contributed by atoms with Gasteiger partial charge in [0.1, 0.15) is 5.82 Å². The van der Waals surface area contributed by atoms with Gasteiger partial charge in [-0.2, -0.15) is 12.1 Å². The average molecular weight is 1140 g/mol. The predicted octanol–water partition coefficient (Wildman–Crippen LogP) is 16.2. The molecule has 0 bridgehead atoms. The van der Waals surface area contributed by atoms with Gasteiger partial charge in [-0.25, -0.2) is 4.98 Å². The number of pyridine rings is 2. The molecule has 0 amide bonds. The molecule has 11 aromatic rings. The van der Waals surface area contributed by atoms with E-state index >= 15 is 0 Å². The number of nitrogens with zero attached hydrogens (tertiary/aromatic N) is 5. The van der Waals surface area contributed by atoms with E-state index in [1.165, 1.54) is 0 Å². The number of rotatable bonds is 9. The molecule has 0 aliphatic rings. The topological polar surface area (TPSA) is 48.8 Å². The maximum absolute atomic E-state index is 9.30. The molecule has 0 atom stereocenters. The SMILES string of the molecule is [2H]c1c([2H])c([2H])c(-c2cccc(-c3cc(C(C)(C)C)cc(C(C)(C)C)c3)c2-[n+]2[c-]n(-c3[c-]c(Oc4[c-]c5c(cc4)c4ccccc4n5-c4cc(C([2H])([2H])C(C)(C)C)ccn4)cc(-c4ccccc4)n3)c3ccccc32)c([2H])c1[2H].[Pt]. The molecule has 0 N–H and O–H groups in total. The summed E-state index contributed by atoms with van der Waals surface area (Å²) in [5, 5.41) is 1.89. The van der Waals surface area contributed by atoms with E-state index < -0.39 is 29.9 Å².